The number of hydrogen-bond acceptors (Lipinski definition) is 1. The van der Waals surface area contributed by atoms with Crippen LogP contribution in [-0.2, 0) is 0 Å². The highest BCUT2D eigenvalue weighted by Crippen LogP contribution is 2.36. The fourth-order valence-corrected chi connectivity index (χ4v) is 3.86. The van der Waals surface area contributed by atoms with Crippen LogP contribution in [0.15, 0.2) is 127 Å². The zero-order chi connectivity index (χ0) is 22.2. The highest BCUT2D eigenvalue weighted by Gasteiger charge is 2.12. The molecular formula is C31H29N. The molecule has 0 spiro atoms. The number of hydrogen-bond donors (Lipinski definition) is 0. The first kappa shape index (κ1) is 21.4. The van der Waals surface area contributed by atoms with E-state index in [1.54, 1.807) is 0 Å². The molecule has 32 heavy (non-hydrogen) atoms. The number of benzene rings is 4. The molecule has 0 aliphatic carbocycles. The quantitative estimate of drug-likeness (QED) is 0.272. The average molecular weight is 416 g/mol. The maximum absolute atomic E-state index is 2.30. The van der Waals surface area contributed by atoms with Gasteiger partial charge in [-0.15, -0.1) is 0 Å². The van der Waals surface area contributed by atoms with E-state index in [0.29, 0.717) is 0 Å². The van der Waals surface area contributed by atoms with E-state index in [2.05, 4.69) is 146 Å². The van der Waals surface area contributed by atoms with Crippen LogP contribution in [0.4, 0.5) is 17.1 Å². The van der Waals surface area contributed by atoms with Crippen molar-refractivity contribution < 1.29 is 0 Å². The molecule has 0 fully saturated rings. The number of nitrogens with zero attached hydrogens (tertiary/aromatic N) is 1. The van der Waals surface area contributed by atoms with Crippen molar-refractivity contribution >= 4 is 22.6 Å². The molecule has 0 atom stereocenters. The third-order valence-corrected chi connectivity index (χ3v) is 5.55. The van der Waals surface area contributed by atoms with Crippen LogP contribution in [0, 0.1) is 0 Å². The maximum atomic E-state index is 2.30. The van der Waals surface area contributed by atoms with Gasteiger partial charge in [0.25, 0.3) is 0 Å². The largest absolute Gasteiger partial charge is 0.311 e. The third kappa shape index (κ3) is 4.90. The summed E-state index contributed by atoms with van der Waals surface area (Å²) in [6, 6.07) is 38.7. The van der Waals surface area contributed by atoms with Crippen LogP contribution in [0.5, 0.6) is 0 Å². The van der Waals surface area contributed by atoms with E-state index >= 15 is 0 Å². The monoisotopic (exact) mass is 415 g/mol. The molecule has 0 saturated carbocycles. The smallest absolute Gasteiger partial charge is 0.0462 e. The van der Waals surface area contributed by atoms with Gasteiger partial charge >= 0.3 is 0 Å². The second-order valence-corrected chi connectivity index (χ2v) is 7.69. The summed E-state index contributed by atoms with van der Waals surface area (Å²) in [6.45, 7) is 4.25. The minimum absolute atomic E-state index is 1.04. The van der Waals surface area contributed by atoms with Crippen LogP contribution in [-0.4, -0.2) is 0 Å². The zero-order valence-corrected chi connectivity index (χ0v) is 18.8. The Morgan fingerprint density at radius 1 is 0.625 bits per heavy atom. The molecule has 1 nitrogen and oxygen atoms in total. The summed E-state index contributed by atoms with van der Waals surface area (Å²) >= 11 is 0. The number of allylic oxidation sites excluding steroid dienone is 4. The average Bonchev–Trinajstić information content (AvgIpc) is 2.87. The first-order valence-corrected chi connectivity index (χ1v) is 11.2. The molecule has 0 bridgehead atoms. The first-order chi connectivity index (χ1) is 15.8. The van der Waals surface area contributed by atoms with Gasteiger partial charge in [-0.25, -0.2) is 0 Å². The molecule has 0 amide bonds. The van der Waals surface area contributed by atoms with E-state index < -0.39 is 0 Å². The van der Waals surface area contributed by atoms with Crippen LogP contribution in [0.3, 0.4) is 0 Å². The van der Waals surface area contributed by atoms with Crippen LogP contribution in [0.1, 0.15) is 25.8 Å². The molecule has 0 aliphatic rings. The molecule has 0 aromatic heterocycles. The Balaban J connectivity index is 1.70. The third-order valence-electron chi connectivity index (χ3n) is 5.55. The summed E-state index contributed by atoms with van der Waals surface area (Å²) in [6.07, 6.45) is 7.61. The van der Waals surface area contributed by atoms with Crippen molar-refractivity contribution in [3.05, 3.63) is 133 Å². The van der Waals surface area contributed by atoms with Gasteiger partial charge in [0.15, 0.2) is 0 Å². The van der Waals surface area contributed by atoms with Crippen molar-refractivity contribution in [1.29, 1.82) is 0 Å². The zero-order valence-electron chi connectivity index (χ0n) is 18.8. The summed E-state index contributed by atoms with van der Waals surface area (Å²) in [5, 5.41) is 0. The van der Waals surface area contributed by atoms with Crippen LogP contribution in [0.2, 0.25) is 0 Å². The number of rotatable bonds is 7. The van der Waals surface area contributed by atoms with Gasteiger partial charge in [0.2, 0.25) is 0 Å². The summed E-state index contributed by atoms with van der Waals surface area (Å²) in [7, 11) is 0. The summed E-state index contributed by atoms with van der Waals surface area (Å²) in [4.78, 5) is 2.30. The second-order valence-electron chi connectivity index (χ2n) is 7.69. The van der Waals surface area contributed by atoms with E-state index in [4.69, 9.17) is 0 Å². The standard InChI is InChI=1S/C31H29N/c1-3-5-12-25(4-2)27-17-21-30(22-18-27)32(29-15-10-7-11-16-29)31-23-19-28(20-24-31)26-13-8-6-9-14-26/h4-24H,3H2,1-2H3/b12-5-,25-4+. The molecule has 0 saturated heterocycles. The highest BCUT2D eigenvalue weighted by molar-refractivity contribution is 5.80. The highest BCUT2D eigenvalue weighted by atomic mass is 15.1. The normalized spacial score (nSPS) is 11.6. The van der Waals surface area contributed by atoms with Gasteiger partial charge in [-0.05, 0) is 72.0 Å². The predicted molar refractivity (Wildman–Crippen MR) is 140 cm³/mol. The summed E-state index contributed by atoms with van der Waals surface area (Å²) in [5.41, 5.74) is 8.35. The topological polar surface area (TPSA) is 3.24 Å². The molecular weight excluding hydrogens is 386 g/mol. The van der Waals surface area contributed by atoms with Crippen molar-refractivity contribution in [3.8, 4) is 11.1 Å². The lowest BCUT2D eigenvalue weighted by Crippen LogP contribution is -2.09. The predicted octanol–water partition coefficient (Wildman–Crippen LogP) is 9.19. The molecule has 0 aliphatic heterocycles. The fraction of sp³-hybridized carbons (Fsp3) is 0.0968. The van der Waals surface area contributed by atoms with E-state index in [1.165, 1.54) is 22.3 Å². The van der Waals surface area contributed by atoms with Gasteiger partial charge in [0.05, 0.1) is 0 Å². The second kappa shape index (κ2) is 10.5. The van der Waals surface area contributed by atoms with Gasteiger partial charge in [0, 0.05) is 17.1 Å². The van der Waals surface area contributed by atoms with E-state index in [0.717, 1.165) is 23.5 Å². The maximum Gasteiger partial charge on any atom is 0.0462 e. The molecule has 0 N–H and O–H groups in total. The molecule has 1 heteroatoms. The lowest BCUT2D eigenvalue weighted by atomic mass is 10.0. The lowest BCUT2D eigenvalue weighted by Gasteiger charge is -2.26. The molecule has 0 unspecified atom stereocenters. The molecule has 4 aromatic carbocycles. The van der Waals surface area contributed by atoms with Gasteiger partial charge in [-0.3, -0.25) is 0 Å². The van der Waals surface area contributed by atoms with Crippen molar-refractivity contribution in [1.82, 2.24) is 0 Å². The Kier molecular flexibility index (Phi) is 6.99. The molecule has 158 valence electrons. The molecule has 0 radical (unpaired) electrons. The van der Waals surface area contributed by atoms with Crippen LogP contribution in [0.25, 0.3) is 16.7 Å². The Bertz CT molecular complexity index is 1170. The Morgan fingerprint density at radius 3 is 1.69 bits per heavy atom. The molecule has 4 rings (SSSR count). The lowest BCUT2D eigenvalue weighted by molar-refractivity contribution is 1.22. The SMILES string of the molecule is C/C=C(\C=C/CC)c1ccc(N(c2ccccc2)c2ccc(-c3ccccc3)cc2)cc1. The Labute approximate surface area is 192 Å². The van der Waals surface area contributed by atoms with E-state index in [-0.39, 0.29) is 0 Å². The van der Waals surface area contributed by atoms with Crippen LogP contribution < -0.4 is 4.90 Å². The van der Waals surface area contributed by atoms with Crippen molar-refractivity contribution in [3.63, 3.8) is 0 Å². The Morgan fingerprint density at radius 2 is 1.12 bits per heavy atom. The van der Waals surface area contributed by atoms with Gasteiger partial charge in [0.1, 0.15) is 0 Å². The minimum Gasteiger partial charge on any atom is -0.311 e. The summed E-state index contributed by atoms with van der Waals surface area (Å²) in [5.74, 6) is 0. The minimum atomic E-state index is 1.04. The fourth-order valence-electron chi connectivity index (χ4n) is 3.86. The summed E-state index contributed by atoms with van der Waals surface area (Å²) < 4.78 is 0. The number of anilines is 3. The van der Waals surface area contributed by atoms with Gasteiger partial charge in [-0.2, -0.15) is 0 Å². The van der Waals surface area contributed by atoms with Crippen molar-refractivity contribution in [2.75, 3.05) is 4.90 Å². The van der Waals surface area contributed by atoms with Gasteiger partial charge < -0.3 is 4.90 Å². The number of para-hydroxylation sites is 1. The molecule has 4 aromatic rings. The van der Waals surface area contributed by atoms with Crippen LogP contribution >= 0.6 is 0 Å². The van der Waals surface area contributed by atoms with E-state index in [9.17, 15) is 0 Å². The first-order valence-electron chi connectivity index (χ1n) is 11.2. The van der Waals surface area contributed by atoms with Gasteiger partial charge in [-0.1, -0.05) is 97.9 Å². The Hall–Kier alpha value is -3.84. The van der Waals surface area contributed by atoms with E-state index in [1.807, 2.05) is 0 Å². The van der Waals surface area contributed by atoms with Crippen molar-refractivity contribution in [2.24, 2.45) is 0 Å². The van der Waals surface area contributed by atoms with Crippen molar-refractivity contribution in [2.45, 2.75) is 20.3 Å². The molecule has 0 heterocycles.